The molecule has 20 heavy (non-hydrogen) atoms. The van der Waals surface area contributed by atoms with Gasteiger partial charge in [0.15, 0.2) is 0 Å². The molecule has 0 aromatic heterocycles. The number of carbonyl (C=O) groups is 1. The van der Waals surface area contributed by atoms with Crippen LogP contribution in [0.3, 0.4) is 0 Å². The van der Waals surface area contributed by atoms with Crippen LogP contribution in [0.25, 0.3) is 17.2 Å². The summed E-state index contributed by atoms with van der Waals surface area (Å²) < 4.78 is 0. The zero-order valence-corrected chi connectivity index (χ0v) is 11.8. The fraction of sp³-hybridized carbons (Fsp3) is 0.167. The van der Waals surface area contributed by atoms with Gasteiger partial charge in [0.25, 0.3) is 0 Å². The molecule has 0 saturated carbocycles. The van der Waals surface area contributed by atoms with E-state index in [4.69, 9.17) is 5.11 Å². The number of benzene rings is 2. The highest BCUT2D eigenvalue weighted by Gasteiger charge is 2.03. The molecule has 0 fully saturated rings. The molecule has 0 unspecified atom stereocenters. The highest BCUT2D eigenvalue weighted by atomic mass is 16.4. The Balaban J connectivity index is 2.22. The maximum Gasteiger partial charge on any atom is 0.307 e. The SMILES string of the molecule is Cc1cccc(-c2ccc(/C=C/CC(=O)O)cc2)c1C. The molecule has 0 spiro atoms. The number of hydrogen-bond donors (Lipinski definition) is 1. The van der Waals surface area contributed by atoms with E-state index < -0.39 is 5.97 Å². The molecule has 0 aliphatic rings. The Bertz CT molecular complexity index is 637. The maximum absolute atomic E-state index is 10.4. The van der Waals surface area contributed by atoms with Gasteiger partial charge in [0.05, 0.1) is 6.42 Å². The molecule has 0 radical (unpaired) electrons. The lowest BCUT2D eigenvalue weighted by Crippen LogP contribution is -1.89. The lowest BCUT2D eigenvalue weighted by Gasteiger charge is -2.09. The molecule has 0 heterocycles. The van der Waals surface area contributed by atoms with Gasteiger partial charge in [-0.2, -0.15) is 0 Å². The third-order valence-corrected chi connectivity index (χ3v) is 3.43. The minimum atomic E-state index is -0.812. The van der Waals surface area contributed by atoms with Crippen LogP contribution in [0.15, 0.2) is 48.5 Å². The van der Waals surface area contributed by atoms with E-state index in [0.717, 1.165) is 5.56 Å². The van der Waals surface area contributed by atoms with Gasteiger partial charge in [0.2, 0.25) is 0 Å². The van der Waals surface area contributed by atoms with Crippen molar-refractivity contribution in [1.29, 1.82) is 0 Å². The van der Waals surface area contributed by atoms with Gasteiger partial charge < -0.3 is 5.11 Å². The molecule has 1 N–H and O–H groups in total. The molecule has 0 aliphatic carbocycles. The van der Waals surface area contributed by atoms with Gasteiger partial charge in [-0.3, -0.25) is 4.79 Å². The summed E-state index contributed by atoms with van der Waals surface area (Å²) in [4.78, 5) is 10.4. The minimum absolute atomic E-state index is 0.0543. The second-order valence-electron chi connectivity index (χ2n) is 4.87. The molecule has 2 heteroatoms. The van der Waals surface area contributed by atoms with Crippen molar-refractivity contribution in [2.45, 2.75) is 20.3 Å². The number of rotatable bonds is 4. The summed E-state index contributed by atoms with van der Waals surface area (Å²) in [6.07, 6.45) is 3.55. The fourth-order valence-electron chi connectivity index (χ4n) is 2.13. The van der Waals surface area contributed by atoms with Crippen LogP contribution >= 0.6 is 0 Å². The topological polar surface area (TPSA) is 37.3 Å². The van der Waals surface area contributed by atoms with Crippen molar-refractivity contribution in [1.82, 2.24) is 0 Å². The first-order valence-electron chi connectivity index (χ1n) is 6.63. The van der Waals surface area contributed by atoms with E-state index in [9.17, 15) is 4.79 Å². The maximum atomic E-state index is 10.4. The van der Waals surface area contributed by atoms with Gasteiger partial charge in [0, 0.05) is 0 Å². The summed E-state index contributed by atoms with van der Waals surface area (Å²) in [6, 6.07) is 14.5. The summed E-state index contributed by atoms with van der Waals surface area (Å²) in [7, 11) is 0. The zero-order valence-electron chi connectivity index (χ0n) is 11.8. The van der Waals surface area contributed by atoms with E-state index in [1.54, 1.807) is 6.08 Å². The van der Waals surface area contributed by atoms with Crippen molar-refractivity contribution in [2.24, 2.45) is 0 Å². The number of hydrogen-bond acceptors (Lipinski definition) is 1. The summed E-state index contributed by atoms with van der Waals surface area (Å²) in [5, 5.41) is 8.59. The molecular weight excluding hydrogens is 248 g/mol. The van der Waals surface area contributed by atoms with Crippen molar-refractivity contribution in [3.63, 3.8) is 0 Å². The first-order valence-corrected chi connectivity index (χ1v) is 6.63. The average Bonchev–Trinajstić information content (AvgIpc) is 2.42. The number of aliphatic carboxylic acids is 1. The van der Waals surface area contributed by atoms with Crippen LogP contribution in [-0.2, 0) is 4.79 Å². The molecule has 0 saturated heterocycles. The first-order chi connectivity index (χ1) is 9.58. The van der Waals surface area contributed by atoms with Crippen LogP contribution in [0.4, 0.5) is 0 Å². The number of aryl methyl sites for hydroxylation is 1. The van der Waals surface area contributed by atoms with E-state index >= 15 is 0 Å². The molecule has 2 aromatic rings. The largest absolute Gasteiger partial charge is 0.481 e. The minimum Gasteiger partial charge on any atom is -0.481 e. The first kappa shape index (κ1) is 14.1. The monoisotopic (exact) mass is 266 g/mol. The van der Waals surface area contributed by atoms with Crippen LogP contribution in [0.1, 0.15) is 23.1 Å². The molecule has 2 nitrogen and oxygen atoms in total. The average molecular weight is 266 g/mol. The van der Waals surface area contributed by atoms with Gasteiger partial charge in [-0.25, -0.2) is 0 Å². The Kier molecular flexibility index (Phi) is 4.36. The second-order valence-corrected chi connectivity index (χ2v) is 4.87. The highest BCUT2D eigenvalue weighted by Crippen LogP contribution is 2.25. The van der Waals surface area contributed by atoms with Crippen LogP contribution < -0.4 is 0 Å². The zero-order chi connectivity index (χ0) is 14.5. The van der Waals surface area contributed by atoms with Gasteiger partial charge in [-0.05, 0) is 41.7 Å². The van der Waals surface area contributed by atoms with Crippen molar-refractivity contribution in [2.75, 3.05) is 0 Å². The lowest BCUT2D eigenvalue weighted by atomic mass is 9.96. The molecule has 102 valence electrons. The molecule has 0 atom stereocenters. The highest BCUT2D eigenvalue weighted by molar-refractivity contribution is 5.72. The quantitative estimate of drug-likeness (QED) is 0.887. The molecule has 0 aliphatic heterocycles. The smallest absolute Gasteiger partial charge is 0.307 e. The summed E-state index contributed by atoms with van der Waals surface area (Å²) >= 11 is 0. The molecular formula is C18H18O2. The number of carboxylic acid groups (broad SMARTS) is 1. The Morgan fingerprint density at radius 1 is 1.10 bits per heavy atom. The fourth-order valence-corrected chi connectivity index (χ4v) is 2.13. The van der Waals surface area contributed by atoms with E-state index in [0.29, 0.717) is 0 Å². The van der Waals surface area contributed by atoms with E-state index in [2.05, 4.69) is 44.2 Å². The van der Waals surface area contributed by atoms with Gasteiger partial charge in [-0.1, -0.05) is 54.6 Å². The second kappa shape index (κ2) is 6.20. The summed E-state index contributed by atoms with van der Waals surface area (Å²) in [5.41, 5.74) is 6.02. The molecule has 0 amide bonds. The van der Waals surface area contributed by atoms with Crippen molar-refractivity contribution in [3.8, 4) is 11.1 Å². The Morgan fingerprint density at radius 3 is 2.45 bits per heavy atom. The number of carboxylic acids is 1. The standard InChI is InChI=1S/C18H18O2/c1-13-5-3-7-17(14(13)2)16-11-9-15(10-12-16)6-4-8-18(19)20/h3-7,9-12H,8H2,1-2H3,(H,19,20)/b6-4+. The van der Waals surface area contributed by atoms with Crippen LogP contribution in [-0.4, -0.2) is 11.1 Å². The van der Waals surface area contributed by atoms with Crippen molar-refractivity contribution < 1.29 is 9.90 Å². The van der Waals surface area contributed by atoms with Gasteiger partial charge in [0.1, 0.15) is 0 Å². The van der Waals surface area contributed by atoms with E-state index in [1.165, 1.54) is 22.3 Å². The summed E-state index contributed by atoms with van der Waals surface area (Å²) in [6.45, 7) is 4.24. The van der Waals surface area contributed by atoms with Gasteiger partial charge >= 0.3 is 5.97 Å². The Hall–Kier alpha value is -2.35. The molecule has 2 aromatic carbocycles. The van der Waals surface area contributed by atoms with Crippen LogP contribution in [0.5, 0.6) is 0 Å². The Labute approximate surface area is 119 Å². The summed E-state index contributed by atoms with van der Waals surface area (Å²) in [5.74, 6) is -0.812. The van der Waals surface area contributed by atoms with E-state index in [1.807, 2.05) is 18.2 Å². The normalized spacial score (nSPS) is 10.9. The van der Waals surface area contributed by atoms with Crippen molar-refractivity contribution in [3.05, 3.63) is 65.2 Å². The third kappa shape index (κ3) is 3.35. The Morgan fingerprint density at radius 2 is 1.80 bits per heavy atom. The van der Waals surface area contributed by atoms with Crippen LogP contribution in [0.2, 0.25) is 0 Å². The van der Waals surface area contributed by atoms with Crippen LogP contribution in [0, 0.1) is 13.8 Å². The third-order valence-electron chi connectivity index (χ3n) is 3.43. The lowest BCUT2D eigenvalue weighted by molar-refractivity contribution is -0.135. The predicted molar refractivity (Wildman–Crippen MR) is 82.6 cm³/mol. The van der Waals surface area contributed by atoms with E-state index in [-0.39, 0.29) is 6.42 Å². The molecule has 2 rings (SSSR count). The predicted octanol–water partition coefficient (Wildman–Crippen LogP) is 4.46. The van der Waals surface area contributed by atoms with Gasteiger partial charge in [-0.15, -0.1) is 0 Å². The molecule has 0 bridgehead atoms. The van der Waals surface area contributed by atoms with Crippen molar-refractivity contribution >= 4 is 12.0 Å².